The lowest BCUT2D eigenvalue weighted by Crippen LogP contribution is -2.26. The van der Waals surface area contributed by atoms with E-state index in [9.17, 15) is 9.59 Å². The molecule has 0 atom stereocenters. The molecule has 0 radical (unpaired) electrons. The van der Waals surface area contributed by atoms with E-state index < -0.39 is 0 Å². The highest BCUT2D eigenvalue weighted by Crippen LogP contribution is 2.27. The third-order valence-electron chi connectivity index (χ3n) is 15.9. The van der Waals surface area contributed by atoms with Gasteiger partial charge in [0, 0.05) is 41.1 Å². The molecule has 0 fully saturated rings. The van der Waals surface area contributed by atoms with Crippen LogP contribution in [0.5, 0.6) is 0 Å². The number of rotatable bonds is 14. The first kappa shape index (κ1) is 66.4. The highest BCUT2D eigenvalue weighted by Gasteiger charge is 2.28. The van der Waals surface area contributed by atoms with Crippen LogP contribution in [0.3, 0.4) is 0 Å². The molecule has 0 aromatic heterocycles. The van der Waals surface area contributed by atoms with Crippen molar-refractivity contribution >= 4 is 156 Å². The van der Waals surface area contributed by atoms with E-state index in [2.05, 4.69) is 144 Å². The van der Waals surface area contributed by atoms with Gasteiger partial charge in [-0.2, -0.15) is 0 Å². The topological polar surface area (TPSA) is 145 Å². The SMILES string of the molecule is CB1CCc2ccc(SCN)cc21.CB1CCc2ccc(SCO)cc21.CB1CCc2cccc(SCN)c21.CB1CCc2cccc(SCO)c21.CB1OCc2ccc(SCC(C)=O)cc21.CB1OCc2cccc(SCC(C)=O)c21. The second kappa shape index (κ2) is 33.7. The molecule has 82 heavy (non-hydrogen) atoms. The van der Waals surface area contributed by atoms with Crippen molar-refractivity contribution in [3.05, 3.63) is 143 Å². The number of hydrogen-bond acceptors (Lipinski definition) is 14. The second-order valence-electron chi connectivity index (χ2n) is 21.9. The van der Waals surface area contributed by atoms with E-state index in [0.29, 0.717) is 49.9 Å². The van der Waals surface area contributed by atoms with Gasteiger partial charge in [-0.25, -0.2) is 0 Å². The van der Waals surface area contributed by atoms with Crippen molar-refractivity contribution in [1.82, 2.24) is 0 Å². The summed E-state index contributed by atoms with van der Waals surface area (Å²) < 4.78 is 11.1. The lowest BCUT2D eigenvalue weighted by atomic mass is 9.48. The van der Waals surface area contributed by atoms with Crippen LogP contribution in [0.25, 0.3) is 0 Å². The maximum atomic E-state index is 10.9. The molecule has 20 heteroatoms. The van der Waals surface area contributed by atoms with Crippen LogP contribution in [0.1, 0.15) is 47.2 Å². The number of aryl methyl sites for hydroxylation is 4. The van der Waals surface area contributed by atoms with Crippen molar-refractivity contribution in [3.63, 3.8) is 0 Å². The van der Waals surface area contributed by atoms with Gasteiger partial charge >= 0.3 is 13.8 Å². The maximum Gasteiger partial charge on any atom is 0.325 e. The Morgan fingerprint density at radius 3 is 1.38 bits per heavy atom. The van der Waals surface area contributed by atoms with Crippen molar-refractivity contribution in [2.24, 2.45) is 11.5 Å². The van der Waals surface area contributed by atoms with Crippen LogP contribution >= 0.6 is 70.6 Å². The van der Waals surface area contributed by atoms with E-state index in [1.54, 1.807) is 71.8 Å². The average Bonchev–Trinajstić information content (AvgIpc) is 4.57. The van der Waals surface area contributed by atoms with E-state index >= 15 is 0 Å². The number of hydrogen-bond donors (Lipinski definition) is 4. The predicted octanol–water partition coefficient (Wildman–Crippen LogP) is 9.85. The number of carbonyl (C=O) groups is 2. The summed E-state index contributed by atoms with van der Waals surface area (Å²) in [7, 11) is 0. The summed E-state index contributed by atoms with van der Waals surface area (Å²) >= 11 is 9.72. The molecule has 12 rings (SSSR count). The minimum atomic E-state index is 0.163. The fraction of sp³-hybridized carbons (Fsp3) is 0.387. The van der Waals surface area contributed by atoms with Crippen LogP contribution in [0.2, 0.25) is 66.2 Å². The minimum Gasteiger partial charge on any atom is -0.427 e. The largest absolute Gasteiger partial charge is 0.427 e. The average molecular weight is 1210 g/mol. The van der Waals surface area contributed by atoms with Crippen LogP contribution in [0, 0.1) is 0 Å². The summed E-state index contributed by atoms with van der Waals surface area (Å²) in [5, 5.41) is 17.7. The monoisotopic (exact) mass is 1210 g/mol. The summed E-state index contributed by atoms with van der Waals surface area (Å²) in [5.74, 6) is 3.23. The molecule has 0 saturated heterocycles. The highest BCUT2D eigenvalue weighted by atomic mass is 32.2. The van der Waals surface area contributed by atoms with Crippen molar-refractivity contribution in [1.29, 1.82) is 0 Å². The standard InChI is InChI=1S/2C11H13BO2S.2C10H14BNS.2C10H13BOS/c1-8(13)7-15-10-4-3-9-6-14-12(2)11(9)5-10;1-8(13)7-15-10-5-3-4-9-6-14-12(2)11(9)10;1-11-5-4-8-2-3-9(13-7-12)6-10(8)11;1-11-6-5-8-3-2-4-9(10(8)11)13-7-12;1-11-5-4-8-2-3-9(13-7-12)6-10(8)11;1-11-6-5-8-3-2-4-9(10(8)11)13-7-12/h2*3-5H,6-7H2,1-2H3;2-3,6H,4-5,7,12H2,1H3;2-4H,5-7,12H2,1H3;2-3,6,12H,4-5,7H2,1H3;2-4,12H,5-7H2,1H3. The van der Waals surface area contributed by atoms with Crippen molar-refractivity contribution in [2.75, 3.05) is 35.1 Å². The van der Waals surface area contributed by atoms with Gasteiger partial charge in [0.2, 0.25) is 0 Å². The normalized spacial score (nSPS) is 14.5. The van der Waals surface area contributed by atoms with Crippen LogP contribution in [-0.2, 0) is 57.8 Å². The van der Waals surface area contributed by atoms with Crippen molar-refractivity contribution < 1.29 is 29.1 Å². The smallest absolute Gasteiger partial charge is 0.325 e. The van der Waals surface area contributed by atoms with Gasteiger partial charge in [0.25, 0.3) is 0 Å². The summed E-state index contributed by atoms with van der Waals surface area (Å²) in [6, 6.07) is 38.8. The summed E-state index contributed by atoms with van der Waals surface area (Å²) in [6.07, 6.45) is 10.1. The number of Topliss-reactive ketones (excluding diaryl/α,β-unsaturated/α-hetero) is 2. The van der Waals surface area contributed by atoms with Crippen LogP contribution in [-0.4, -0.2) is 97.6 Å². The molecule has 6 aromatic carbocycles. The molecule has 0 saturated carbocycles. The Kier molecular flexibility index (Phi) is 27.3. The molecule has 0 bridgehead atoms. The predicted molar refractivity (Wildman–Crippen MR) is 368 cm³/mol. The fourth-order valence-corrected chi connectivity index (χ4v) is 16.0. The summed E-state index contributed by atoms with van der Waals surface area (Å²) in [5.41, 5.74) is 28.2. The zero-order chi connectivity index (χ0) is 58.7. The number of nitrogens with two attached hydrogens (primary N) is 2. The lowest BCUT2D eigenvalue weighted by molar-refractivity contribution is -0.115. The van der Waals surface area contributed by atoms with Gasteiger partial charge in [0.05, 0.1) is 36.6 Å². The minimum absolute atomic E-state index is 0.163. The molecule has 0 aliphatic carbocycles. The number of carbonyl (C=O) groups excluding carboxylic acids is 2. The van der Waals surface area contributed by atoms with Gasteiger partial charge in [0.15, 0.2) is 26.9 Å². The summed E-state index contributed by atoms with van der Waals surface area (Å²) in [6.45, 7) is 21.1. The first-order chi connectivity index (χ1) is 39.6. The molecule has 6 heterocycles. The Bertz CT molecular complexity index is 2960. The van der Waals surface area contributed by atoms with E-state index in [1.165, 1.54) is 154 Å². The number of fused-ring (bicyclic) bond motifs is 6. The van der Waals surface area contributed by atoms with Crippen molar-refractivity contribution in [2.45, 2.75) is 148 Å². The Morgan fingerprint density at radius 2 is 0.854 bits per heavy atom. The van der Waals surface area contributed by atoms with E-state index in [1.807, 2.05) is 6.07 Å². The van der Waals surface area contributed by atoms with Gasteiger partial charge in [-0.1, -0.05) is 207 Å². The first-order valence-electron chi connectivity index (χ1n) is 29.0. The Labute approximate surface area is 518 Å². The zero-order valence-corrected chi connectivity index (χ0v) is 54.2. The number of aliphatic hydroxyl groups is 2. The molecule has 428 valence electrons. The van der Waals surface area contributed by atoms with E-state index in [4.69, 9.17) is 31.0 Å². The molecule has 0 amide bonds. The molecular weight excluding hydrogens is 1130 g/mol. The van der Waals surface area contributed by atoms with Gasteiger partial charge in [-0.3, -0.25) is 9.59 Å². The van der Waals surface area contributed by atoms with Gasteiger partial charge in [0.1, 0.15) is 11.6 Å². The first-order valence-corrected chi connectivity index (χ1v) is 34.9. The Hall–Kier alpha value is -3.09. The zero-order valence-electron chi connectivity index (χ0n) is 49.3. The Morgan fingerprint density at radius 1 is 0.439 bits per heavy atom. The molecule has 0 unspecified atom stereocenters. The highest BCUT2D eigenvalue weighted by molar-refractivity contribution is 8.00. The molecular formula is C62H80B6N2O6S6. The third-order valence-corrected chi connectivity index (χ3v) is 21.3. The molecule has 6 aliphatic rings. The lowest BCUT2D eigenvalue weighted by Gasteiger charge is -2.08. The van der Waals surface area contributed by atoms with Crippen LogP contribution < -0.4 is 44.2 Å². The third kappa shape index (κ3) is 18.7. The summed E-state index contributed by atoms with van der Waals surface area (Å²) in [4.78, 5) is 29.3. The number of ketones is 2. The van der Waals surface area contributed by atoms with Gasteiger partial charge < -0.3 is 31.0 Å². The number of thioether (sulfide) groups is 6. The quantitative estimate of drug-likeness (QED) is 0.0467. The van der Waals surface area contributed by atoms with E-state index in [-0.39, 0.29) is 37.3 Å². The van der Waals surface area contributed by atoms with Gasteiger partial charge in [-0.15, -0.1) is 47.0 Å². The maximum absolute atomic E-state index is 10.9. The van der Waals surface area contributed by atoms with Crippen LogP contribution in [0.15, 0.2) is 139 Å². The molecule has 8 nitrogen and oxygen atoms in total. The number of benzene rings is 6. The van der Waals surface area contributed by atoms with Crippen LogP contribution in [0.4, 0.5) is 0 Å². The second-order valence-corrected chi connectivity index (χ2v) is 28.1. The molecule has 6 aliphatic heterocycles. The molecule has 6 aromatic rings. The van der Waals surface area contributed by atoms with Crippen molar-refractivity contribution in [3.8, 4) is 0 Å². The van der Waals surface area contributed by atoms with Gasteiger partial charge in [-0.05, 0) is 98.0 Å². The fourth-order valence-electron chi connectivity index (χ4n) is 11.5. The Balaban J connectivity index is 0.000000142. The molecule has 0 spiro atoms. The molecule has 6 N–H and O–H groups in total. The van der Waals surface area contributed by atoms with E-state index in [0.717, 1.165) is 18.3 Å². The number of aliphatic hydroxyl groups excluding tert-OH is 2.